The van der Waals surface area contributed by atoms with Crippen LogP contribution in [-0.2, 0) is 0 Å². The summed E-state index contributed by atoms with van der Waals surface area (Å²) >= 11 is 0. The summed E-state index contributed by atoms with van der Waals surface area (Å²) in [6.45, 7) is 4.89. The number of nitrogens with zero attached hydrogens (tertiary/aromatic N) is 6. The molecule has 0 aliphatic carbocycles. The Bertz CT molecular complexity index is 936. The van der Waals surface area contributed by atoms with Crippen molar-refractivity contribution in [2.45, 2.75) is 26.4 Å². The van der Waals surface area contributed by atoms with Gasteiger partial charge < -0.3 is 9.64 Å². The highest BCUT2D eigenvalue weighted by atomic mass is 16.5. The van der Waals surface area contributed by atoms with Gasteiger partial charge in [0.1, 0.15) is 6.10 Å². The molecule has 8 heteroatoms. The van der Waals surface area contributed by atoms with Gasteiger partial charge in [0.15, 0.2) is 5.69 Å². The lowest BCUT2D eigenvalue weighted by Gasteiger charge is -2.15. The van der Waals surface area contributed by atoms with Gasteiger partial charge in [-0.25, -0.2) is 9.97 Å². The third kappa shape index (κ3) is 3.79. The van der Waals surface area contributed by atoms with E-state index in [9.17, 15) is 4.79 Å². The lowest BCUT2D eigenvalue weighted by Crippen LogP contribution is -2.31. The Hall–Kier alpha value is -3.29. The van der Waals surface area contributed by atoms with Gasteiger partial charge in [-0.15, -0.1) is 5.10 Å². The van der Waals surface area contributed by atoms with E-state index in [0.717, 1.165) is 23.5 Å². The summed E-state index contributed by atoms with van der Waals surface area (Å²) in [6, 6.07) is 11.8. The van der Waals surface area contributed by atoms with E-state index < -0.39 is 0 Å². The molecule has 4 rings (SSSR count). The van der Waals surface area contributed by atoms with E-state index in [-0.39, 0.29) is 12.0 Å². The maximum atomic E-state index is 12.7. The number of rotatable bonds is 4. The van der Waals surface area contributed by atoms with Crippen molar-refractivity contribution in [2.75, 3.05) is 13.1 Å². The van der Waals surface area contributed by atoms with Gasteiger partial charge in [-0.1, -0.05) is 18.2 Å². The van der Waals surface area contributed by atoms with Crippen molar-refractivity contribution in [2.24, 2.45) is 0 Å². The van der Waals surface area contributed by atoms with Crippen molar-refractivity contribution < 1.29 is 9.53 Å². The molecule has 0 spiro atoms. The van der Waals surface area contributed by atoms with Gasteiger partial charge in [0.05, 0.1) is 18.4 Å². The number of likely N-dealkylation sites (tertiary alicyclic amines) is 1. The number of carbonyl (C=O) groups is 1. The second-order valence-electron chi connectivity index (χ2n) is 6.57. The van der Waals surface area contributed by atoms with Crippen LogP contribution in [0.4, 0.5) is 0 Å². The van der Waals surface area contributed by atoms with Crippen LogP contribution >= 0.6 is 0 Å². The molecule has 1 fully saturated rings. The summed E-state index contributed by atoms with van der Waals surface area (Å²) in [5.74, 6) is -0.148. The Morgan fingerprint density at radius 3 is 2.63 bits per heavy atom. The van der Waals surface area contributed by atoms with E-state index in [0.29, 0.717) is 24.8 Å². The molecule has 0 radical (unpaired) electrons. The van der Waals surface area contributed by atoms with Crippen LogP contribution in [0.2, 0.25) is 0 Å². The molecule has 1 aliphatic heterocycles. The van der Waals surface area contributed by atoms with Crippen LogP contribution in [0.25, 0.3) is 5.69 Å². The number of carbonyl (C=O) groups excluding carboxylic acids is 1. The fourth-order valence-corrected chi connectivity index (χ4v) is 3.11. The molecule has 27 heavy (non-hydrogen) atoms. The standard InChI is InChI=1S/C19H20N6O2/c1-13-10-14(2)22-19(21-13)27-16-8-9-24(12-16)18(26)17-11-20-25(23-17)15-6-4-3-5-7-15/h3-7,10-11,16H,8-9,12H2,1-2H3/t16-/m1/s1. The molecule has 1 amide bonds. The summed E-state index contributed by atoms with van der Waals surface area (Å²) in [4.78, 5) is 24.5. The summed E-state index contributed by atoms with van der Waals surface area (Å²) in [5.41, 5.74) is 2.86. The number of aromatic nitrogens is 5. The van der Waals surface area contributed by atoms with Crippen LogP contribution in [-0.4, -0.2) is 55.0 Å². The molecule has 1 aromatic carbocycles. The number of ether oxygens (including phenoxy) is 1. The molecule has 0 unspecified atom stereocenters. The average molecular weight is 364 g/mol. The quantitative estimate of drug-likeness (QED) is 0.703. The number of hydrogen-bond acceptors (Lipinski definition) is 6. The van der Waals surface area contributed by atoms with E-state index in [2.05, 4.69) is 20.2 Å². The van der Waals surface area contributed by atoms with Gasteiger partial charge in [0.2, 0.25) is 0 Å². The molecule has 1 atom stereocenters. The average Bonchev–Trinajstić information content (AvgIpc) is 3.31. The zero-order valence-electron chi connectivity index (χ0n) is 15.2. The summed E-state index contributed by atoms with van der Waals surface area (Å²) in [7, 11) is 0. The van der Waals surface area contributed by atoms with Gasteiger partial charge in [-0.2, -0.15) is 9.90 Å². The summed E-state index contributed by atoms with van der Waals surface area (Å²) in [5, 5.41) is 8.50. The predicted molar refractivity (Wildman–Crippen MR) is 97.8 cm³/mol. The maximum absolute atomic E-state index is 12.7. The lowest BCUT2D eigenvalue weighted by molar-refractivity contribution is 0.0763. The van der Waals surface area contributed by atoms with Crippen molar-refractivity contribution >= 4 is 5.91 Å². The lowest BCUT2D eigenvalue weighted by atomic mass is 10.3. The Morgan fingerprint density at radius 2 is 1.89 bits per heavy atom. The third-order valence-electron chi connectivity index (χ3n) is 4.36. The normalized spacial score (nSPS) is 16.5. The minimum Gasteiger partial charge on any atom is -0.458 e. The predicted octanol–water partition coefficient (Wildman–Crippen LogP) is 1.97. The fraction of sp³-hybridized carbons (Fsp3) is 0.316. The van der Waals surface area contributed by atoms with E-state index >= 15 is 0 Å². The molecule has 0 bridgehead atoms. The third-order valence-corrected chi connectivity index (χ3v) is 4.36. The molecule has 1 aliphatic rings. The topological polar surface area (TPSA) is 86.0 Å². The molecular weight excluding hydrogens is 344 g/mol. The molecule has 8 nitrogen and oxygen atoms in total. The second-order valence-corrected chi connectivity index (χ2v) is 6.57. The molecule has 0 N–H and O–H groups in total. The number of benzene rings is 1. The Morgan fingerprint density at radius 1 is 1.15 bits per heavy atom. The van der Waals surface area contributed by atoms with Crippen LogP contribution in [0, 0.1) is 13.8 Å². The van der Waals surface area contributed by atoms with Crippen LogP contribution in [0.1, 0.15) is 28.3 Å². The van der Waals surface area contributed by atoms with E-state index in [1.54, 1.807) is 4.90 Å². The maximum Gasteiger partial charge on any atom is 0.317 e. The Labute approximate surface area is 156 Å². The SMILES string of the molecule is Cc1cc(C)nc(O[C@@H]2CCN(C(=O)c3cnn(-c4ccccc4)n3)C2)n1. The van der Waals surface area contributed by atoms with Crippen LogP contribution in [0.5, 0.6) is 6.01 Å². The van der Waals surface area contributed by atoms with E-state index in [4.69, 9.17) is 4.74 Å². The fourth-order valence-electron chi connectivity index (χ4n) is 3.11. The van der Waals surface area contributed by atoms with Gasteiger partial charge in [0, 0.05) is 24.4 Å². The number of para-hydroxylation sites is 1. The first kappa shape index (κ1) is 17.1. The van der Waals surface area contributed by atoms with Crippen LogP contribution in [0.15, 0.2) is 42.6 Å². The minimum absolute atomic E-state index is 0.126. The first-order valence-corrected chi connectivity index (χ1v) is 8.84. The largest absolute Gasteiger partial charge is 0.458 e. The minimum atomic E-state index is -0.148. The van der Waals surface area contributed by atoms with Crippen molar-refractivity contribution in [3.63, 3.8) is 0 Å². The molecule has 2 aromatic heterocycles. The smallest absolute Gasteiger partial charge is 0.317 e. The molecule has 3 heterocycles. The monoisotopic (exact) mass is 364 g/mol. The summed E-state index contributed by atoms with van der Waals surface area (Å²) < 4.78 is 5.87. The molecular formula is C19H20N6O2. The van der Waals surface area contributed by atoms with Gasteiger partial charge in [-0.05, 0) is 32.0 Å². The highest BCUT2D eigenvalue weighted by Crippen LogP contribution is 2.18. The molecule has 1 saturated heterocycles. The van der Waals surface area contributed by atoms with Gasteiger partial charge >= 0.3 is 6.01 Å². The van der Waals surface area contributed by atoms with E-state index in [1.165, 1.54) is 11.0 Å². The highest BCUT2D eigenvalue weighted by Gasteiger charge is 2.30. The zero-order chi connectivity index (χ0) is 18.8. The molecule has 138 valence electrons. The van der Waals surface area contributed by atoms with Crippen molar-refractivity contribution in [3.8, 4) is 11.7 Å². The van der Waals surface area contributed by atoms with Crippen molar-refractivity contribution in [3.05, 3.63) is 59.7 Å². The zero-order valence-corrected chi connectivity index (χ0v) is 15.2. The first-order valence-electron chi connectivity index (χ1n) is 8.84. The van der Waals surface area contributed by atoms with Crippen LogP contribution < -0.4 is 4.74 Å². The number of aryl methyl sites for hydroxylation is 2. The van der Waals surface area contributed by atoms with E-state index in [1.807, 2.05) is 50.2 Å². The number of hydrogen-bond donors (Lipinski definition) is 0. The van der Waals surface area contributed by atoms with Gasteiger partial charge in [-0.3, -0.25) is 4.79 Å². The first-order chi connectivity index (χ1) is 13.1. The molecule has 3 aromatic rings. The van der Waals surface area contributed by atoms with Crippen LogP contribution in [0.3, 0.4) is 0 Å². The Balaban J connectivity index is 1.41. The van der Waals surface area contributed by atoms with Crippen molar-refractivity contribution in [1.29, 1.82) is 0 Å². The Kier molecular flexibility index (Phi) is 4.53. The van der Waals surface area contributed by atoms with Crippen molar-refractivity contribution in [1.82, 2.24) is 29.9 Å². The highest BCUT2D eigenvalue weighted by molar-refractivity contribution is 5.92. The molecule has 0 saturated carbocycles. The number of amides is 1. The summed E-state index contributed by atoms with van der Waals surface area (Å²) in [6.07, 6.45) is 2.10. The second kappa shape index (κ2) is 7.14. The van der Waals surface area contributed by atoms with Gasteiger partial charge in [0.25, 0.3) is 5.91 Å².